The minimum absolute atomic E-state index is 0.188. The molecule has 4 rings (SSSR count). The zero-order valence-electron chi connectivity index (χ0n) is 13.3. The third-order valence-electron chi connectivity index (χ3n) is 3.70. The van der Waals surface area contributed by atoms with Crippen LogP contribution in [0.25, 0.3) is 16.7 Å². The molecule has 2 aromatic heterocycles. The van der Waals surface area contributed by atoms with E-state index in [1.165, 1.54) is 6.07 Å². The van der Waals surface area contributed by atoms with E-state index in [1.54, 1.807) is 35.0 Å². The van der Waals surface area contributed by atoms with E-state index in [4.69, 9.17) is 11.6 Å². The van der Waals surface area contributed by atoms with Gasteiger partial charge in [-0.05, 0) is 30.3 Å². The number of ether oxygens (including phenoxy) is 1. The second kappa shape index (κ2) is 6.27. The number of benzene rings is 2. The van der Waals surface area contributed by atoms with E-state index in [0.29, 0.717) is 22.0 Å². The lowest BCUT2D eigenvalue weighted by Crippen LogP contribution is -2.18. The van der Waals surface area contributed by atoms with Crippen molar-refractivity contribution < 1.29 is 22.3 Å². The number of alkyl halides is 3. The molecule has 0 radical (unpaired) electrons. The first-order valence-corrected chi connectivity index (χ1v) is 7.92. The van der Waals surface area contributed by atoms with Gasteiger partial charge in [0.25, 0.3) is 0 Å². The number of hydrogen-bond acceptors (Lipinski definition) is 4. The highest BCUT2D eigenvalue weighted by Gasteiger charge is 2.32. The Hall–Kier alpha value is -3.07. The van der Waals surface area contributed by atoms with Crippen molar-refractivity contribution in [2.24, 2.45) is 0 Å². The van der Waals surface area contributed by atoms with Crippen LogP contribution in [-0.4, -0.2) is 20.7 Å². The van der Waals surface area contributed by atoms with Crippen molar-refractivity contribution in [2.75, 3.05) is 5.32 Å². The first-order valence-electron chi connectivity index (χ1n) is 7.55. The van der Waals surface area contributed by atoms with E-state index < -0.39 is 17.9 Å². The van der Waals surface area contributed by atoms with E-state index in [9.17, 15) is 17.6 Å². The Balaban J connectivity index is 1.74. The van der Waals surface area contributed by atoms with E-state index >= 15 is 0 Å². The van der Waals surface area contributed by atoms with Crippen LogP contribution in [0.5, 0.6) is 5.75 Å². The van der Waals surface area contributed by atoms with Gasteiger partial charge in [0.2, 0.25) is 0 Å². The van der Waals surface area contributed by atoms with Crippen LogP contribution in [-0.2, 0) is 0 Å². The van der Waals surface area contributed by atoms with Gasteiger partial charge in [-0.1, -0.05) is 11.6 Å². The Morgan fingerprint density at radius 3 is 2.67 bits per heavy atom. The van der Waals surface area contributed by atoms with Crippen molar-refractivity contribution in [3.05, 3.63) is 59.6 Å². The molecule has 1 N–H and O–H groups in total. The molecule has 2 aromatic carbocycles. The van der Waals surface area contributed by atoms with Gasteiger partial charge in [0.05, 0.1) is 11.0 Å². The van der Waals surface area contributed by atoms with Crippen LogP contribution in [0.3, 0.4) is 0 Å². The minimum atomic E-state index is -4.97. The molecule has 4 aromatic rings. The van der Waals surface area contributed by atoms with Crippen molar-refractivity contribution in [3.8, 4) is 5.75 Å². The number of hydrogen-bond donors (Lipinski definition) is 1. The SMILES string of the molecule is Fc1cc(Nc2nc3ccc(Cl)cc3n3ccnc23)ccc1OC(F)(F)F. The molecule has 0 aliphatic heterocycles. The number of aromatic nitrogens is 3. The van der Waals surface area contributed by atoms with Crippen LogP contribution < -0.4 is 10.1 Å². The molecular formula is C17H9ClF4N4O. The largest absolute Gasteiger partial charge is 0.573 e. The van der Waals surface area contributed by atoms with Crippen LogP contribution in [0.4, 0.5) is 29.1 Å². The Bertz CT molecular complexity index is 1160. The summed E-state index contributed by atoms with van der Waals surface area (Å²) in [7, 11) is 0. The van der Waals surface area contributed by atoms with Gasteiger partial charge in [0.1, 0.15) is 0 Å². The minimum Gasteiger partial charge on any atom is -0.403 e. The molecule has 5 nitrogen and oxygen atoms in total. The predicted molar refractivity (Wildman–Crippen MR) is 91.9 cm³/mol. The fourth-order valence-corrected chi connectivity index (χ4v) is 2.80. The van der Waals surface area contributed by atoms with Gasteiger partial charge >= 0.3 is 6.36 Å². The van der Waals surface area contributed by atoms with Crippen LogP contribution in [0.1, 0.15) is 0 Å². The highest BCUT2D eigenvalue weighted by atomic mass is 35.5. The molecule has 0 bridgehead atoms. The summed E-state index contributed by atoms with van der Waals surface area (Å²) in [6.07, 6.45) is -1.70. The Morgan fingerprint density at radius 2 is 1.93 bits per heavy atom. The molecule has 0 amide bonds. The summed E-state index contributed by atoms with van der Waals surface area (Å²) in [5.41, 5.74) is 1.96. The molecule has 0 saturated heterocycles. The molecule has 0 unspecified atom stereocenters. The second-order valence-corrected chi connectivity index (χ2v) is 5.97. The van der Waals surface area contributed by atoms with Crippen molar-refractivity contribution >= 4 is 39.8 Å². The number of halogens is 5. The highest BCUT2D eigenvalue weighted by molar-refractivity contribution is 6.31. The maximum atomic E-state index is 13.9. The average molecular weight is 397 g/mol. The summed E-state index contributed by atoms with van der Waals surface area (Å²) < 4.78 is 56.0. The smallest absolute Gasteiger partial charge is 0.403 e. The third kappa shape index (κ3) is 3.45. The second-order valence-electron chi connectivity index (χ2n) is 5.53. The van der Waals surface area contributed by atoms with Gasteiger partial charge in [0, 0.05) is 29.2 Å². The Kier molecular flexibility index (Phi) is 4.03. The van der Waals surface area contributed by atoms with E-state index in [-0.39, 0.29) is 5.69 Å². The molecule has 0 spiro atoms. The lowest BCUT2D eigenvalue weighted by atomic mass is 10.2. The summed E-state index contributed by atoms with van der Waals surface area (Å²) >= 11 is 6.02. The van der Waals surface area contributed by atoms with Crippen molar-refractivity contribution in [1.29, 1.82) is 0 Å². The maximum absolute atomic E-state index is 13.9. The number of fused-ring (bicyclic) bond motifs is 3. The molecule has 0 atom stereocenters. The summed E-state index contributed by atoms with van der Waals surface area (Å²) in [5, 5.41) is 3.40. The topological polar surface area (TPSA) is 51.5 Å². The normalized spacial score (nSPS) is 11.9. The van der Waals surface area contributed by atoms with Crippen molar-refractivity contribution in [1.82, 2.24) is 14.4 Å². The molecule has 27 heavy (non-hydrogen) atoms. The van der Waals surface area contributed by atoms with E-state index in [0.717, 1.165) is 17.6 Å². The van der Waals surface area contributed by atoms with E-state index in [2.05, 4.69) is 20.0 Å². The first kappa shape index (κ1) is 17.3. The van der Waals surface area contributed by atoms with Gasteiger partial charge in [-0.2, -0.15) is 0 Å². The number of imidazole rings is 1. The predicted octanol–water partition coefficient (Wildman–Crippen LogP) is 5.32. The Labute approximate surface area is 154 Å². The van der Waals surface area contributed by atoms with Crippen LogP contribution in [0, 0.1) is 5.82 Å². The molecule has 138 valence electrons. The fourth-order valence-electron chi connectivity index (χ4n) is 2.63. The summed E-state index contributed by atoms with van der Waals surface area (Å²) in [5.74, 6) is -1.77. The summed E-state index contributed by atoms with van der Waals surface area (Å²) in [4.78, 5) is 8.65. The zero-order valence-corrected chi connectivity index (χ0v) is 14.0. The number of nitrogens with one attached hydrogen (secondary N) is 1. The van der Waals surface area contributed by atoms with E-state index in [1.807, 2.05) is 0 Å². The molecule has 0 saturated carbocycles. The third-order valence-corrected chi connectivity index (χ3v) is 3.94. The van der Waals surface area contributed by atoms with Crippen molar-refractivity contribution in [2.45, 2.75) is 6.36 Å². The van der Waals surface area contributed by atoms with Crippen molar-refractivity contribution in [3.63, 3.8) is 0 Å². The number of anilines is 2. The lowest BCUT2D eigenvalue weighted by molar-refractivity contribution is -0.275. The lowest BCUT2D eigenvalue weighted by Gasteiger charge is -2.12. The number of nitrogens with zero attached hydrogens (tertiary/aromatic N) is 3. The summed E-state index contributed by atoms with van der Waals surface area (Å²) in [6.45, 7) is 0. The Morgan fingerprint density at radius 1 is 1.11 bits per heavy atom. The number of rotatable bonds is 3. The van der Waals surface area contributed by atoms with Gasteiger partial charge in [-0.3, -0.25) is 4.40 Å². The molecule has 0 aliphatic carbocycles. The molecule has 0 aliphatic rings. The molecule has 10 heteroatoms. The molecule has 2 heterocycles. The standard InChI is InChI=1S/C17H9ClF4N4O/c18-9-1-3-12-13(7-9)26-6-5-23-16(26)15(25-12)24-10-2-4-14(11(19)8-10)27-17(20,21)22/h1-8H,(H,24,25). The first-order chi connectivity index (χ1) is 12.8. The van der Waals surface area contributed by atoms with Crippen LogP contribution in [0.15, 0.2) is 48.8 Å². The fraction of sp³-hybridized carbons (Fsp3) is 0.0588. The highest BCUT2D eigenvalue weighted by Crippen LogP contribution is 2.30. The quantitative estimate of drug-likeness (QED) is 0.476. The van der Waals surface area contributed by atoms with Crippen LogP contribution >= 0.6 is 11.6 Å². The molecular weight excluding hydrogens is 388 g/mol. The monoisotopic (exact) mass is 396 g/mol. The van der Waals surface area contributed by atoms with Crippen LogP contribution in [0.2, 0.25) is 5.02 Å². The van der Waals surface area contributed by atoms with Gasteiger partial charge in [-0.25, -0.2) is 14.4 Å². The molecule has 0 fully saturated rings. The zero-order chi connectivity index (χ0) is 19.2. The van der Waals surface area contributed by atoms with Gasteiger partial charge in [0.15, 0.2) is 23.0 Å². The average Bonchev–Trinajstić information content (AvgIpc) is 3.07. The maximum Gasteiger partial charge on any atom is 0.573 e. The van der Waals surface area contributed by atoms with Gasteiger partial charge < -0.3 is 10.1 Å². The van der Waals surface area contributed by atoms with Gasteiger partial charge in [-0.15, -0.1) is 13.2 Å². The summed E-state index contributed by atoms with van der Waals surface area (Å²) in [6, 6.07) is 8.13.